The number of carbonyl (C=O) groups is 2. The summed E-state index contributed by atoms with van der Waals surface area (Å²) in [5.74, 6) is 1.44. The molecule has 0 saturated carbocycles. The van der Waals surface area contributed by atoms with Gasteiger partial charge in [0.25, 0.3) is 0 Å². The van der Waals surface area contributed by atoms with Crippen molar-refractivity contribution in [3.8, 4) is 0 Å². The van der Waals surface area contributed by atoms with E-state index < -0.39 is 0 Å². The Bertz CT molecular complexity index is 587. The second kappa shape index (κ2) is 8.92. The molecule has 0 aliphatic carbocycles. The molecule has 0 aromatic carbocycles. The van der Waals surface area contributed by atoms with Crippen molar-refractivity contribution < 1.29 is 9.59 Å². The molecule has 1 aliphatic heterocycles. The van der Waals surface area contributed by atoms with Gasteiger partial charge in [0, 0.05) is 49.8 Å². The maximum Gasteiger partial charge on any atom is 0.223 e. The summed E-state index contributed by atoms with van der Waals surface area (Å²) in [6.45, 7) is 9.92. The predicted octanol–water partition coefficient (Wildman–Crippen LogP) is 2.04. The molecule has 1 saturated heterocycles. The lowest BCUT2D eigenvalue weighted by atomic mass is 9.95. The van der Waals surface area contributed by atoms with E-state index in [0.29, 0.717) is 38.4 Å². The van der Waals surface area contributed by atoms with E-state index in [4.69, 9.17) is 0 Å². The molecule has 0 bridgehead atoms. The highest BCUT2D eigenvalue weighted by atomic mass is 16.2. The molecule has 1 aliphatic rings. The van der Waals surface area contributed by atoms with Gasteiger partial charge in [-0.25, -0.2) is 9.97 Å². The molecule has 1 aromatic rings. The number of aryl methyl sites for hydroxylation is 2. The standard InChI is InChI=1S/C19H30N4O2/c1-13(2)11-18(24)23-9-6-16(7-10-23)19(25)20-8-5-17-21-14(3)12-15(4)22-17/h12-13,16H,5-11H2,1-4H3,(H,20,25). The van der Waals surface area contributed by atoms with Gasteiger partial charge in [-0.2, -0.15) is 0 Å². The molecule has 0 unspecified atom stereocenters. The molecule has 0 radical (unpaired) electrons. The highest BCUT2D eigenvalue weighted by Crippen LogP contribution is 2.19. The molecular formula is C19H30N4O2. The van der Waals surface area contributed by atoms with Crippen molar-refractivity contribution in [2.24, 2.45) is 11.8 Å². The summed E-state index contributed by atoms with van der Waals surface area (Å²) in [5.41, 5.74) is 1.90. The van der Waals surface area contributed by atoms with E-state index in [1.54, 1.807) is 0 Å². The first kappa shape index (κ1) is 19.3. The number of rotatable bonds is 6. The fourth-order valence-corrected chi connectivity index (χ4v) is 3.22. The lowest BCUT2D eigenvalue weighted by Gasteiger charge is -2.31. The van der Waals surface area contributed by atoms with Crippen LogP contribution in [0.3, 0.4) is 0 Å². The maximum absolute atomic E-state index is 12.3. The number of likely N-dealkylation sites (tertiary alicyclic amines) is 1. The molecule has 1 N–H and O–H groups in total. The smallest absolute Gasteiger partial charge is 0.223 e. The fraction of sp³-hybridized carbons (Fsp3) is 0.684. The van der Waals surface area contributed by atoms with Crippen LogP contribution in [-0.2, 0) is 16.0 Å². The average Bonchev–Trinajstić information content (AvgIpc) is 2.53. The Balaban J connectivity index is 1.72. The summed E-state index contributed by atoms with van der Waals surface area (Å²) in [7, 11) is 0. The lowest BCUT2D eigenvalue weighted by Crippen LogP contribution is -2.43. The summed E-state index contributed by atoms with van der Waals surface area (Å²) in [6.07, 6.45) is 2.72. The number of nitrogens with zero attached hydrogens (tertiary/aromatic N) is 3. The highest BCUT2D eigenvalue weighted by molar-refractivity contribution is 5.80. The molecular weight excluding hydrogens is 316 g/mol. The number of aromatic nitrogens is 2. The van der Waals surface area contributed by atoms with Gasteiger partial charge in [0.05, 0.1) is 0 Å². The van der Waals surface area contributed by atoms with Gasteiger partial charge in [-0.05, 0) is 38.7 Å². The number of carbonyl (C=O) groups excluding carboxylic acids is 2. The van der Waals surface area contributed by atoms with E-state index in [0.717, 1.165) is 30.1 Å². The minimum atomic E-state index is 0.00302. The van der Waals surface area contributed by atoms with E-state index in [9.17, 15) is 9.59 Å². The maximum atomic E-state index is 12.3. The second-order valence-electron chi connectivity index (χ2n) is 7.36. The van der Waals surface area contributed by atoms with Crippen LogP contribution < -0.4 is 5.32 Å². The van der Waals surface area contributed by atoms with Gasteiger partial charge >= 0.3 is 0 Å². The Labute approximate surface area is 150 Å². The molecule has 0 atom stereocenters. The van der Waals surface area contributed by atoms with Gasteiger partial charge in [0.1, 0.15) is 5.82 Å². The van der Waals surface area contributed by atoms with Crippen LogP contribution >= 0.6 is 0 Å². The number of amides is 2. The van der Waals surface area contributed by atoms with Crippen molar-refractivity contribution >= 4 is 11.8 Å². The van der Waals surface area contributed by atoms with Crippen molar-refractivity contribution in [3.05, 3.63) is 23.3 Å². The Morgan fingerprint density at radius 3 is 2.36 bits per heavy atom. The minimum absolute atomic E-state index is 0.00302. The molecule has 6 heteroatoms. The molecule has 2 amide bonds. The van der Waals surface area contributed by atoms with Gasteiger partial charge in [0.2, 0.25) is 11.8 Å². The van der Waals surface area contributed by atoms with Crippen LogP contribution in [0, 0.1) is 25.7 Å². The first-order chi connectivity index (χ1) is 11.8. The van der Waals surface area contributed by atoms with Crippen LogP contribution in [0.15, 0.2) is 6.07 Å². The number of hydrogen-bond donors (Lipinski definition) is 1. The van der Waals surface area contributed by atoms with Crippen molar-refractivity contribution in [2.75, 3.05) is 19.6 Å². The number of piperidine rings is 1. The number of hydrogen-bond acceptors (Lipinski definition) is 4. The second-order valence-corrected chi connectivity index (χ2v) is 7.36. The SMILES string of the molecule is Cc1cc(C)nc(CCNC(=O)C2CCN(C(=O)CC(C)C)CC2)n1. The monoisotopic (exact) mass is 346 g/mol. The summed E-state index contributed by atoms with van der Waals surface area (Å²) in [6, 6.07) is 1.94. The van der Waals surface area contributed by atoms with Gasteiger partial charge in [-0.15, -0.1) is 0 Å². The number of nitrogens with one attached hydrogen (secondary N) is 1. The van der Waals surface area contributed by atoms with E-state index in [1.165, 1.54) is 0 Å². The van der Waals surface area contributed by atoms with Crippen LogP contribution in [0.25, 0.3) is 0 Å². The third-order valence-electron chi connectivity index (χ3n) is 4.48. The zero-order chi connectivity index (χ0) is 18.4. The Kier molecular flexibility index (Phi) is 6.91. The van der Waals surface area contributed by atoms with Crippen LogP contribution in [0.1, 0.15) is 50.3 Å². The third kappa shape index (κ3) is 6.11. The summed E-state index contributed by atoms with van der Waals surface area (Å²) >= 11 is 0. The quantitative estimate of drug-likeness (QED) is 0.855. The first-order valence-corrected chi connectivity index (χ1v) is 9.21. The Morgan fingerprint density at radius 2 is 1.80 bits per heavy atom. The van der Waals surface area contributed by atoms with E-state index in [1.807, 2.05) is 24.8 Å². The predicted molar refractivity (Wildman–Crippen MR) is 97.0 cm³/mol. The Morgan fingerprint density at radius 1 is 1.20 bits per heavy atom. The van der Waals surface area contributed by atoms with Crippen molar-refractivity contribution in [3.63, 3.8) is 0 Å². The van der Waals surface area contributed by atoms with E-state index in [2.05, 4.69) is 29.1 Å². The van der Waals surface area contributed by atoms with Crippen LogP contribution in [0.2, 0.25) is 0 Å². The molecule has 138 valence electrons. The van der Waals surface area contributed by atoms with E-state index in [-0.39, 0.29) is 17.7 Å². The molecule has 2 rings (SSSR count). The summed E-state index contributed by atoms with van der Waals surface area (Å²) in [4.78, 5) is 35.1. The summed E-state index contributed by atoms with van der Waals surface area (Å²) in [5, 5.41) is 2.99. The molecule has 0 spiro atoms. The zero-order valence-electron chi connectivity index (χ0n) is 15.8. The molecule has 1 aromatic heterocycles. The minimum Gasteiger partial charge on any atom is -0.355 e. The summed E-state index contributed by atoms with van der Waals surface area (Å²) < 4.78 is 0. The van der Waals surface area contributed by atoms with Gasteiger partial charge in [0.15, 0.2) is 0 Å². The topological polar surface area (TPSA) is 75.2 Å². The largest absolute Gasteiger partial charge is 0.355 e. The third-order valence-corrected chi connectivity index (χ3v) is 4.48. The van der Waals surface area contributed by atoms with Crippen molar-refractivity contribution in [1.29, 1.82) is 0 Å². The normalized spacial score (nSPS) is 15.5. The molecule has 2 heterocycles. The van der Waals surface area contributed by atoms with Crippen molar-refractivity contribution in [2.45, 2.75) is 53.4 Å². The molecule has 1 fully saturated rings. The van der Waals surface area contributed by atoms with Crippen LogP contribution in [-0.4, -0.2) is 46.3 Å². The average molecular weight is 346 g/mol. The van der Waals surface area contributed by atoms with E-state index >= 15 is 0 Å². The van der Waals surface area contributed by atoms with Crippen LogP contribution in [0.4, 0.5) is 0 Å². The first-order valence-electron chi connectivity index (χ1n) is 9.21. The molecule has 6 nitrogen and oxygen atoms in total. The molecule has 25 heavy (non-hydrogen) atoms. The Hall–Kier alpha value is -1.98. The zero-order valence-corrected chi connectivity index (χ0v) is 15.8. The van der Waals surface area contributed by atoms with Gasteiger partial charge in [-0.1, -0.05) is 13.8 Å². The fourth-order valence-electron chi connectivity index (χ4n) is 3.22. The van der Waals surface area contributed by atoms with Gasteiger partial charge in [-0.3, -0.25) is 9.59 Å². The van der Waals surface area contributed by atoms with Crippen molar-refractivity contribution in [1.82, 2.24) is 20.2 Å². The lowest BCUT2D eigenvalue weighted by molar-refractivity contribution is -0.136. The van der Waals surface area contributed by atoms with Crippen LogP contribution in [0.5, 0.6) is 0 Å². The highest BCUT2D eigenvalue weighted by Gasteiger charge is 2.27. The van der Waals surface area contributed by atoms with Gasteiger partial charge < -0.3 is 10.2 Å².